The van der Waals surface area contributed by atoms with E-state index in [4.69, 9.17) is 0 Å². The molecule has 0 spiro atoms. The zero-order valence-electron chi connectivity index (χ0n) is 11.4. The first-order valence-corrected chi connectivity index (χ1v) is 6.73. The van der Waals surface area contributed by atoms with Gasteiger partial charge in [-0.2, -0.15) is 0 Å². The van der Waals surface area contributed by atoms with Crippen LogP contribution in [0.2, 0.25) is 0 Å². The van der Waals surface area contributed by atoms with E-state index in [2.05, 4.69) is 12.2 Å². The van der Waals surface area contributed by atoms with E-state index in [0.29, 0.717) is 6.54 Å². The Morgan fingerprint density at radius 3 is 2.75 bits per heavy atom. The fourth-order valence-corrected chi connectivity index (χ4v) is 2.45. The Bertz CT molecular complexity index is 538. The molecule has 1 aromatic carbocycles. The lowest BCUT2D eigenvalue weighted by molar-refractivity contribution is -0.385. The van der Waals surface area contributed by atoms with E-state index in [1.165, 1.54) is 6.07 Å². The average Bonchev–Trinajstić information content (AvgIpc) is 3.16. The van der Waals surface area contributed by atoms with Crippen molar-refractivity contribution in [2.24, 2.45) is 5.41 Å². The van der Waals surface area contributed by atoms with E-state index in [-0.39, 0.29) is 22.4 Å². The van der Waals surface area contributed by atoms with E-state index in [1.54, 1.807) is 0 Å². The van der Waals surface area contributed by atoms with Crippen LogP contribution >= 0.6 is 0 Å². The molecule has 0 atom stereocenters. The number of nitro groups is 1. The number of nitrogens with zero attached hydrogens (tertiary/aromatic N) is 1. The second-order valence-corrected chi connectivity index (χ2v) is 5.39. The maximum Gasteiger partial charge on any atom is 0.282 e. The van der Waals surface area contributed by atoms with E-state index in [1.807, 2.05) is 0 Å². The molecule has 0 radical (unpaired) electrons. The van der Waals surface area contributed by atoms with Crippen LogP contribution in [-0.4, -0.2) is 22.5 Å². The van der Waals surface area contributed by atoms with Gasteiger partial charge < -0.3 is 10.4 Å². The lowest BCUT2D eigenvalue weighted by Crippen LogP contribution is -2.30. The van der Waals surface area contributed by atoms with E-state index in [0.717, 1.165) is 37.8 Å². The standard InChI is InChI=1S/C14H18N2O4/c1-2-5-14(6-7-14)9-15-13(18)11-8-10(17)3-4-12(11)16(19)20/h3-4,8,17H,2,5-7,9H2,1H3,(H,15,18). The molecule has 20 heavy (non-hydrogen) atoms. The molecule has 2 rings (SSSR count). The third-order valence-corrected chi connectivity index (χ3v) is 3.78. The number of amides is 1. The number of phenolic OH excluding ortho intramolecular Hbond substituents is 1. The Morgan fingerprint density at radius 2 is 2.20 bits per heavy atom. The monoisotopic (exact) mass is 278 g/mol. The number of benzene rings is 1. The largest absolute Gasteiger partial charge is 0.508 e. The van der Waals surface area contributed by atoms with Crippen molar-refractivity contribution in [1.82, 2.24) is 5.32 Å². The smallest absolute Gasteiger partial charge is 0.282 e. The van der Waals surface area contributed by atoms with Crippen LogP contribution in [0.25, 0.3) is 0 Å². The highest BCUT2D eigenvalue weighted by Crippen LogP contribution is 2.49. The van der Waals surface area contributed by atoms with Crippen molar-refractivity contribution in [1.29, 1.82) is 0 Å². The Kier molecular flexibility index (Phi) is 3.92. The molecule has 1 aromatic rings. The number of hydrogen-bond donors (Lipinski definition) is 2. The minimum Gasteiger partial charge on any atom is -0.508 e. The van der Waals surface area contributed by atoms with Gasteiger partial charge in [-0.15, -0.1) is 0 Å². The third kappa shape index (κ3) is 3.07. The van der Waals surface area contributed by atoms with Crippen LogP contribution in [0.1, 0.15) is 43.0 Å². The van der Waals surface area contributed by atoms with Gasteiger partial charge >= 0.3 is 0 Å². The molecule has 0 aromatic heterocycles. The predicted octanol–water partition coefficient (Wildman–Crippen LogP) is 2.61. The van der Waals surface area contributed by atoms with Gasteiger partial charge in [0.2, 0.25) is 0 Å². The highest BCUT2D eigenvalue weighted by Gasteiger charge is 2.41. The van der Waals surface area contributed by atoms with Crippen LogP contribution in [0.15, 0.2) is 18.2 Å². The molecule has 0 saturated heterocycles. The second-order valence-electron chi connectivity index (χ2n) is 5.39. The lowest BCUT2D eigenvalue weighted by Gasteiger charge is -2.14. The van der Waals surface area contributed by atoms with Gasteiger partial charge in [-0.3, -0.25) is 14.9 Å². The molecule has 0 heterocycles. The maximum atomic E-state index is 12.1. The number of carbonyl (C=O) groups excluding carboxylic acids is 1. The van der Waals surface area contributed by atoms with Crippen LogP contribution in [-0.2, 0) is 0 Å². The first-order chi connectivity index (χ1) is 9.47. The number of rotatable bonds is 6. The molecule has 1 aliphatic rings. The van der Waals surface area contributed by atoms with E-state index in [9.17, 15) is 20.0 Å². The molecule has 6 heteroatoms. The van der Waals surface area contributed by atoms with Gasteiger partial charge in [-0.25, -0.2) is 0 Å². The summed E-state index contributed by atoms with van der Waals surface area (Å²) in [5, 5.41) is 23.0. The Labute approximate surface area is 117 Å². The predicted molar refractivity (Wildman–Crippen MR) is 73.7 cm³/mol. The Hall–Kier alpha value is -2.11. The van der Waals surface area contributed by atoms with Gasteiger partial charge in [0.1, 0.15) is 11.3 Å². The topological polar surface area (TPSA) is 92.5 Å². The van der Waals surface area contributed by atoms with Gasteiger partial charge in [0.05, 0.1) is 4.92 Å². The fraction of sp³-hybridized carbons (Fsp3) is 0.500. The molecule has 1 fully saturated rings. The van der Waals surface area contributed by atoms with Crippen LogP contribution in [0.3, 0.4) is 0 Å². The van der Waals surface area contributed by atoms with Gasteiger partial charge in [0.15, 0.2) is 0 Å². The van der Waals surface area contributed by atoms with Gasteiger partial charge in [-0.05, 0) is 36.8 Å². The van der Waals surface area contributed by atoms with Crippen molar-refractivity contribution in [3.05, 3.63) is 33.9 Å². The first-order valence-electron chi connectivity index (χ1n) is 6.73. The summed E-state index contributed by atoms with van der Waals surface area (Å²) in [7, 11) is 0. The zero-order chi connectivity index (χ0) is 14.8. The highest BCUT2D eigenvalue weighted by atomic mass is 16.6. The third-order valence-electron chi connectivity index (χ3n) is 3.78. The van der Waals surface area contributed by atoms with Crippen molar-refractivity contribution in [3.8, 4) is 5.75 Å². The number of nitrogens with one attached hydrogen (secondary N) is 1. The van der Waals surface area contributed by atoms with Crippen LogP contribution < -0.4 is 5.32 Å². The Morgan fingerprint density at radius 1 is 1.50 bits per heavy atom. The van der Waals surface area contributed by atoms with Gasteiger partial charge in [0.25, 0.3) is 11.6 Å². The van der Waals surface area contributed by atoms with Crippen LogP contribution in [0.5, 0.6) is 5.75 Å². The average molecular weight is 278 g/mol. The summed E-state index contributed by atoms with van der Waals surface area (Å²) < 4.78 is 0. The van der Waals surface area contributed by atoms with Crippen LogP contribution in [0.4, 0.5) is 5.69 Å². The minimum atomic E-state index is -0.618. The molecule has 1 aliphatic carbocycles. The number of aromatic hydroxyl groups is 1. The number of carbonyl (C=O) groups is 1. The summed E-state index contributed by atoms with van der Waals surface area (Å²) in [6.07, 6.45) is 4.28. The molecule has 1 amide bonds. The highest BCUT2D eigenvalue weighted by molar-refractivity contribution is 5.98. The van der Waals surface area contributed by atoms with Crippen LogP contribution in [0, 0.1) is 15.5 Å². The molecule has 2 N–H and O–H groups in total. The van der Waals surface area contributed by atoms with Gasteiger partial charge in [0, 0.05) is 12.6 Å². The lowest BCUT2D eigenvalue weighted by atomic mass is 10.0. The van der Waals surface area contributed by atoms with Crippen molar-refractivity contribution in [2.45, 2.75) is 32.6 Å². The summed E-state index contributed by atoms with van der Waals surface area (Å²) in [6.45, 7) is 2.63. The molecule has 6 nitrogen and oxygen atoms in total. The molecule has 1 saturated carbocycles. The summed E-state index contributed by atoms with van der Waals surface area (Å²) in [5.41, 5.74) is -0.210. The van der Waals surface area contributed by atoms with Gasteiger partial charge in [-0.1, -0.05) is 13.3 Å². The summed E-state index contributed by atoms with van der Waals surface area (Å²) in [4.78, 5) is 22.4. The molecule has 0 unspecified atom stereocenters. The van der Waals surface area contributed by atoms with Crippen molar-refractivity contribution in [3.63, 3.8) is 0 Å². The van der Waals surface area contributed by atoms with E-state index >= 15 is 0 Å². The summed E-state index contributed by atoms with van der Waals surface area (Å²) in [6, 6.07) is 3.48. The molecule has 0 bridgehead atoms. The summed E-state index contributed by atoms with van der Waals surface area (Å²) in [5.74, 6) is -0.662. The fourth-order valence-electron chi connectivity index (χ4n) is 2.45. The molecule has 0 aliphatic heterocycles. The Balaban J connectivity index is 2.09. The van der Waals surface area contributed by atoms with Crippen molar-refractivity contribution in [2.75, 3.05) is 6.54 Å². The minimum absolute atomic E-state index is 0.0951. The molecular formula is C14H18N2O4. The second kappa shape index (κ2) is 5.48. The maximum absolute atomic E-state index is 12.1. The number of hydrogen-bond acceptors (Lipinski definition) is 4. The number of phenols is 1. The normalized spacial score (nSPS) is 15.7. The molecular weight excluding hydrogens is 260 g/mol. The van der Waals surface area contributed by atoms with Crippen molar-refractivity contribution < 1.29 is 14.8 Å². The summed E-state index contributed by atoms with van der Waals surface area (Å²) >= 11 is 0. The van der Waals surface area contributed by atoms with E-state index < -0.39 is 10.8 Å². The zero-order valence-corrected chi connectivity index (χ0v) is 11.4. The number of nitro benzene ring substituents is 1. The molecule has 108 valence electrons. The SMILES string of the molecule is CCCC1(CNC(=O)c2cc(O)ccc2[N+](=O)[O-])CC1. The first kappa shape index (κ1) is 14.3. The van der Waals surface area contributed by atoms with Crippen molar-refractivity contribution >= 4 is 11.6 Å². The quantitative estimate of drug-likeness (QED) is 0.618.